The molecule has 0 radical (unpaired) electrons. The van der Waals surface area contributed by atoms with Gasteiger partial charge in [-0.25, -0.2) is 8.42 Å². The van der Waals surface area contributed by atoms with E-state index in [1.165, 1.54) is 6.92 Å². The van der Waals surface area contributed by atoms with Gasteiger partial charge in [0.1, 0.15) is 0 Å². The van der Waals surface area contributed by atoms with Crippen LogP contribution in [0.5, 0.6) is 0 Å². The van der Waals surface area contributed by atoms with Gasteiger partial charge in [0.2, 0.25) is 0 Å². The van der Waals surface area contributed by atoms with E-state index in [-0.39, 0.29) is 57.5 Å². The summed E-state index contributed by atoms with van der Waals surface area (Å²) in [6, 6.07) is 0. The van der Waals surface area contributed by atoms with Crippen molar-refractivity contribution in [3.8, 4) is 0 Å². The van der Waals surface area contributed by atoms with Crippen molar-refractivity contribution in [3.63, 3.8) is 0 Å². The van der Waals surface area contributed by atoms with Crippen LogP contribution in [0, 0.1) is 0 Å². The molecule has 0 spiro atoms. The van der Waals surface area contributed by atoms with E-state index in [0.717, 1.165) is 25.7 Å². The van der Waals surface area contributed by atoms with Crippen LogP contribution in [0.3, 0.4) is 0 Å². The number of unbranched alkanes of at least 4 members (excludes halogenated alkanes) is 2. The topological polar surface area (TPSA) is 77.4 Å². The molecular formula is C11H23KO4S. The standard InChI is InChI=1S/C11H24O4S.K/c1-3-4-8-11(12)9-6-5-7-10(2)16(13,14)15;/h10-12H,3-9H2,1-2H3,(H,13,14,15);/q;+1/p-1. The fraction of sp³-hybridized carbons (Fsp3) is 1.00. The average molecular weight is 290 g/mol. The predicted molar refractivity (Wildman–Crippen MR) is 63.2 cm³/mol. The molecule has 2 unspecified atom stereocenters. The van der Waals surface area contributed by atoms with Crippen LogP contribution in [-0.4, -0.2) is 29.4 Å². The third-order valence-electron chi connectivity index (χ3n) is 2.78. The average Bonchev–Trinajstić information content (AvgIpc) is 2.19. The molecule has 0 aliphatic rings. The molecular weight excluding hydrogens is 267 g/mol. The Balaban J connectivity index is 0. The molecule has 0 aliphatic carbocycles. The van der Waals surface area contributed by atoms with Crippen LogP contribution in [0.15, 0.2) is 0 Å². The van der Waals surface area contributed by atoms with Crippen LogP contribution in [-0.2, 0) is 10.1 Å². The van der Waals surface area contributed by atoms with Crippen LogP contribution >= 0.6 is 0 Å². The minimum Gasteiger partial charge on any atom is -0.748 e. The summed E-state index contributed by atoms with van der Waals surface area (Å²) in [4.78, 5) is 0. The van der Waals surface area contributed by atoms with E-state index in [1.807, 2.05) is 0 Å². The van der Waals surface area contributed by atoms with Gasteiger partial charge in [-0.2, -0.15) is 0 Å². The summed E-state index contributed by atoms with van der Waals surface area (Å²) in [5.41, 5.74) is 0. The van der Waals surface area contributed by atoms with E-state index < -0.39 is 15.4 Å². The summed E-state index contributed by atoms with van der Waals surface area (Å²) >= 11 is 0. The minimum atomic E-state index is -4.13. The van der Waals surface area contributed by atoms with Gasteiger partial charge in [-0.05, 0) is 26.2 Å². The summed E-state index contributed by atoms with van der Waals surface area (Å²) in [7, 11) is -4.13. The molecule has 98 valence electrons. The molecule has 0 bridgehead atoms. The molecule has 4 nitrogen and oxygen atoms in total. The third kappa shape index (κ3) is 12.3. The number of rotatable bonds is 9. The van der Waals surface area contributed by atoms with Gasteiger partial charge in [0.15, 0.2) is 0 Å². The second kappa shape index (κ2) is 11.3. The maximum atomic E-state index is 10.6. The van der Waals surface area contributed by atoms with E-state index in [9.17, 15) is 18.1 Å². The predicted octanol–water partition coefficient (Wildman–Crippen LogP) is -0.964. The first-order valence-corrected chi connectivity index (χ1v) is 7.47. The zero-order chi connectivity index (χ0) is 12.6. The van der Waals surface area contributed by atoms with Crippen molar-refractivity contribution in [2.75, 3.05) is 0 Å². The first-order valence-electron chi connectivity index (χ1n) is 6.00. The molecule has 1 N–H and O–H groups in total. The summed E-state index contributed by atoms with van der Waals surface area (Å²) in [5.74, 6) is 0. The SMILES string of the molecule is CCCCC(O)CCCCC(C)S(=O)(=O)[O-].[K+]. The molecule has 0 aromatic carbocycles. The minimum absolute atomic E-state index is 0. The van der Waals surface area contributed by atoms with Crippen molar-refractivity contribution in [3.05, 3.63) is 0 Å². The van der Waals surface area contributed by atoms with Crippen LogP contribution in [0.25, 0.3) is 0 Å². The molecule has 6 heteroatoms. The zero-order valence-electron chi connectivity index (χ0n) is 11.2. The first-order chi connectivity index (χ1) is 7.38. The smallest absolute Gasteiger partial charge is 0.748 e. The summed E-state index contributed by atoms with van der Waals surface area (Å²) < 4.78 is 31.8. The molecule has 2 atom stereocenters. The summed E-state index contributed by atoms with van der Waals surface area (Å²) in [6.07, 6.45) is 5.19. The van der Waals surface area contributed by atoms with Gasteiger partial charge < -0.3 is 9.66 Å². The van der Waals surface area contributed by atoms with Gasteiger partial charge in [0.05, 0.1) is 16.2 Å². The Bertz CT molecular complexity index is 267. The second-order valence-electron chi connectivity index (χ2n) is 4.38. The van der Waals surface area contributed by atoms with Gasteiger partial charge in [-0.15, -0.1) is 0 Å². The molecule has 0 amide bonds. The van der Waals surface area contributed by atoms with Crippen molar-refractivity contribution < 1.29 is 69.5 Å². The number of hydrogen-bond donors (Lipinski definition) is 1. The van der Waals surface area contributed by atoms with E-state index in [4.69, 9.17) is 0 Å². The van der Waals surface area contributed by atoms with Crippen LogP contribution in [0.4, 0.5) is 0 Å². The zero-order valence-corrected chi connectivity index (χ0v) is 15.1. The van der Waals surface area contributed by atoms with Crippen LogP contribution in [0.1, 0.15) is 58.8 Å². The molecule has 0 fully saturated rings. The summed E-state index contributed by atoms with van der Waals surface area (Å²) in [5, 5.41) is 8.72. The van der Waals surface area contributed by atoms with Crippen molar-refractivity contribution in [1.29, 1.82) is 0 Å². The fourth-order valence-electron chi connectivity index (χ4n) is 1.54. The Hall–Kier alpha value is 1.51. The van der Waals surface area contributed by atoms with E-state index >= 15 is 0 Å². The Morgan fingerprint density at radius 3 is 2.06 bits per heavy atom. The molecule has 0 heterocycles. The van der Waals surface area contributed by atoms with Gasteiger partial charge >= 0.3 is 51.4 Å². The van der Waals surface area contributed by atoms with Crippen molar-refractivity contribution >= 4 is 10.1 Å². The Kier molecular flexibility index (Phi) is 13.9. The van der Waals surface area contributed by atoms with Gasteiger partial charge in [0.25, 0.3) is 0 Å². The molecule has 0 saturated heterocycles. The second-order valence-corrected chi connectivity index (χ2v) is 6.17. The molecule has 0 rings (SSSR count). The number of aliphatic hydroxyl groups is 1. The maximum absolute atomic E-state index is 10.6. The Morgan fingerprint density at radius 2 is 1.59 bits per heavy atom. The molecule has 0 aliphatic heterocycles. The molecule has 17 heavy (non-hydrogen) atoms. The largest absolute Gasteiger partial charge is 1.00 e. The fourth-order valence-corrected chi connectivity index (χ4v) is 2.00. The van der Waals surface area contributed by atoms with Gasteiger partial charge in [0, 0.05) is 5.25 Å². The third-order valence-corrected chi connectivity index (χ3v) is 4.00. The van der Waals surface area contributed by atoms with Crippen LogP contribution < -0.4 is 51.4 Å². The molecule has 0 aromatic heterocycles. The van der Waals surface area contributed by atoms with Gasteiger partial charge in [-0.3, -0.25) is 0 Å². The molecule has 0 saturated carbocycles. The number of hydrogen-bond acceptors (Lipinski definition) is 4. The monoisotopic (exact) mass is 290 g/mol. The van der Waals surface area contributed by atoms with E-state index in [0.29, 0.717) is 19.3 Å². The maximum Gasteiger partial charge on any atom is 1.00 e. The van der Waals surface area contributed by atoms with Crippen molar-refractivity contribution in [2.45, 2.75) is 70.1 Å². The van der Waals surface area contributed by atoms with Crippen molar-refractivity contribution in [2.24, 2.45) is 0 Å². The first kappa shape index (κ1) is 20.8. The summed E-state index contributed by atoms with van der Waals surface area (Å²) in [6.45, 7) is 3.52. The van der Waals surface area contributed by atoms with Gasteiger partial charge in [-0.1, -0.05) is 32.6 Å². The van der Waals surface area contributed by atoms with E-state index in [1.54, 1.807) is 0 Å². The number of aliphatic hydroxyl groups excluding tert-OH is 1. The van der Waals surface area contributed by atoms with Crippen molar-refractivity contribution in [1.82, 2.24) is 0 Å². The molecule has 0 aromatic rings. The Morgan fingerprint density at radius 1 is 1.12 bits per heavy atom. The van der Waals surface area contributed by atoms with Crippen LogP contribution in [0.2, 0.25) is 0 Å². The normalized spacial score (nSPS) is 15.1. The van der Waals surface area contributed by atoms with E-state index in [2.05, 4.69) is 6.92 Å². The quantitative estimate of drug-likeness (QED) is 0.337. The Labute approximate surface area is 148 Å².